The molecule has 10 atom stereocenters. The highest BCUT2D eigenvalue weighted by Gasteiger charge is 2.70. The second-order valence-corrected chi connectivity index (χ2v) is 7.63. The van der Waals surface area contributed by atoms with Crippen LogP contribution < -0.4 is 0 Å². The van der Waals surface area contributed by atoms with Gasteiger partial charge in [-0.2, -0.15) is 0 Å². The van der Waals surface area contributed by atoms with Crippen LogP contribution in [-0.4, -0.2) is 110 Å². The molecular formula is C12H20I2O10. The Hall–Kier alpha value is 1.06. The third-order valence-corrected chi connectivity index (χ3v) is 6.13. The number of halogens is 2. The van der Waals surface area contributed by atoms with Crippen LogP contribution in [0, 0.1) is 0 Å². The van der Waals surface area contributed by atoms with Crippen molar-refractivity contribution in [3.8, 4) is 0 Å². The van der Waals surface area contributed by atoms with Gasteiger partial charge in [0.2, 0.25) is 0 Å². The third kappa shape index (κ3) is 3.11. The summed E-state index contributed by atoms with van der Waals surface area (Å²) in [4.78, 5) is 0. The van der Waals surface area contributed by atoms with Crippen molar-refractivity contribution < 1.29 is 50.3 Å². The van der Waals surface area contributed by atoms with Crippen molar-refractivity contribution in [3.63, 3.8) is 0 Å². The van der Waals surface area contributed by atoms with E-state index in [1.807, 2.05) is 0 Å². The molecule has 8 N–H and O–H groups in total. The van der Waals surface area contributed by atoms with Gasteiger partial charge < -0.3 is 50.3 Å². The van der Waals surface area contributed by atoms with Gasteiger partial charge >= 0.3 is 0 Å². The first-order valence-electron chi connectivity index (χ1n) is 7.05. The fourth-order valence-electron chi connectivity index (χ4n) is 2.85. The van der Waals surface area contributed by atoms with Gasteiger partial charge in [0, 0.05) is 8.86 Å². The molecule has 2 aliphatic heterocycles. The van der Waals surface area contributed by atoms with Gasteiger partial charge in [-0.15, -0.1) is 0 Å². The maximum Gasteiger partial charge on any atom is 0.254 e. The summed E-state index contributed by atoms with van der Waals surface area (Å²) in [5.74, 6) is -6.13. The average Bonchev–Trinajstić information content (AvgIpc) is 2.57. The van der Waals surface area contributed by atoms with Gasteiger partial charge in [0.05, 0.1) is 12.2 Å². The van der Waals surface area contributed by atoms with Crippen molar-refractivity contribution in [2.24, 2.45) is 0 Å². The van der Waals surface area contributed by atoms with Crippen molar-refractivity contribution in [3.05, 3.63) is 0 Å². The van der Waals surface area contributed by atoms with Crippen LogP contribution in [0.1, 0.15) is 0 Å². The van der Waals surface area contributed by atoms with E-state index in [0.29, 0.717) is 0 Å². The topological polar surface area (TPSA) is 180 Å². The summed E-state index contributed by atoms with van der Waals surface area (Å²) in [5, 5.41) is 81.3. The van der Waals surface area contributed by atoms with E-state index in [0.717, 1.165) is 0 Å². The lowest BCUT2D eigenvalue weighted by molar-refractivity contribution is -0.485. The van der Waals surface area contributed by atoms with E-state index in [1.54, 1.807) is 45.2 Å². The van der Waals surface area contributed by atoms with Crippen LogP contribution in [0.5, 0.6) is 0 Å². The quantitative estimate of drug-likeness (QED) is 0.122. The Morgan fingerprint density at radius 2 is 0.917 bits per heavy atom. The van der Waals surface area contributed by atoms with Gasteiger partial charge in [0.1, 0.15) is 36.6 Å². The summed E-state index contributed by atoms with van der Waals surface area (Å²) in [7, 11) is 0. The number of rotatable bonds is 3. The van der Waals surface area contributed by atoms with Gasteiger partial charge in [-0.1, -0.05) is 45.2 Å². The minimum atomic E-state index is -3.06. The molecule has 0 aromatic carbocycles. The van der Waals surface area contributed by atoms with Crippen LogP contribution in [0.25, 0.3) is 0 Å². The van der Waals surface area contributed by atoms with Crippen molar-refractivity contribution in [2.45, 2.75) is 60.4 Å². The summed E-state index contributed by atoms with van der Waals surface area (Å²) in [5.41, 5.74) is 0. The molecule has 0 saturated carbocycles. The standard InChI is InChI=1S/C12H20I2O10/c13-1-3-5(15)7(17)9(19)11(21,23-3)12(22)10(20)8(18)6(16)4(2-14)24-12/h3-10,15-22H,1-2H2/t3-,4-,5-,6-,7+,8+,9+,10+,11-,12+/m1/s1. The zero-order valence-corrected chi connectivity index (χ0v) is 16.5. The molecule has 0 amide bonds. The first kappa shape index (κ1) is 21.4. The molecule has 2 heterocycles. The highest BCUT2D eigenvalue weighted by Crippen LogP contribution is 2.43. The molecular weight excluding hydrogens is 558 g/mol. The van der Waals surface area contributed by atoms with Gasteiger partial charge in [0.15, 0.2) is 0 Å². The number of aliphatic hydroxyl groups is 8. The van der Waals surface area contributed by atoms with Gasteiger partial charge in [-0.3, -0.25) is 0 Å². The monoisotopic (exact) mass is 578 g/mol. The minimum Gasteiger partial charge on any atom is -0.388 e. The van der Waals surface area contributed by atoms with E-state index < -0.39 is 60.4 Å². The Morgan fingerprint density at radius 3 is 1.17 bits per heavy atom. The molecule has 0 aromatic heterocycles. The van der Waals surface area contributed by atoms with Crippen molar-refractivity contribution in [2.75, 3.05) is 8.86 Å². The number of aliphatic hydroxyl groups excluding tert-OH is 6. The molecule has 12 heteroatoms. The van der Waals surface area contributed by atoms with Crippen LogP contribution in [0.15, 0.2) is 0 Å². The molecule has 0 aliphatic carbocycles. The molecule has 24 heavy (non-hydrogen) atoms. The van der Waals surface area contributed by atoms with Crippen LogP contribution in [0.2, 0.25) is 0 Å². The maximum atomic E-state index is 10.7. The van der Waals surface area contributed by atoms with E-state index in [1.165, 1.54) is 0 Å². The molecule has 2 saturated heterocycles. The van der Waals surface area contributed by atoms with Gasteiger partial charge in [-0.05, 0) is 0 Å². The van der Waals surface area contributed by atoms with Crippen LogP contribution in [0.4, 0.5) is 0 Å². The molecule has 142 valence electrons. The molecule has 0 bridgehead atoms. The SMILES string of the molecule is O[C@H]1[C@H](O)[C@H](O)[C@@](O)([C@]2(O)O[C@H](CI)[C@@H](O)[C@H](O)[C@@H]2O)O[C@@H]1CI. The Labute approximate surface area is 164 Å². The molecule has 0 radical (unpaired) electrons. The Bertz CT molecular complexity index is 414. The van der Waals surface area contributed by atoms with E-state index >= 15 is 0 Å². The third-order valence-electron chi connectivity index (χ3n) is 4.39. The van der Waals surface area contributed by atoms with E-state index in [-0.39, 0.29) is 8.86 Å². The molecule has 0 aromatic rings. The Morgan fingerprint density at radius 1 is 0.625 bits per heavy atom. The maximum absolute atomic E-state index is 10.7. The molecule has 2 rings (SSSR count). The Kier molecular flexibility index (Phi) is 6.75. The first-order valence-corrected chi connectivity index (χ1v) is 10.1. The number of hydrogen-bond acceptors (Lipinski definition) is 10. The normalized spacial score (nSPS) is 56.2. The summed E-state index contributed by atoms with van der Waals surface area (Å²) in [6.07, 6.45) is -13.9. The molecule has 2 fully saturated rings. The largest absolute Gasteiger partial charge is 0.388 e. The summed E-state index contributed by atoms with van der Waals surface area (Å²) < 4.78 is 10.5. The summed E-state index contributed by atoms with van der Waals surface area (Å²) in [6, 6.07) is 0. The molecule has 0 unspecified atom stereocenters. The molecule has 10 nitrogen and oxygen atoms in total. The zero-order chi connectivity index (χ0) is 18.4. The lowest BCUT2D eigenvalue weighted by atomic mass is 9.81. The fraction of sp³-hybridized carbons (Fsp3) is 1.00. The Balaban J connectivity index is 2.45. The number of alkyl halides is 2. The van der Waals surface area contributed by atoms with Crippen LogP contribution >= 0.6 is 45.2 Å². The predicted molar refractivity (Wildman–Crippen MR) is 93.5 cm³/mol. The second kappa shape index (κ2) is 7.59. The van der Waals surface area contributed by atoms with Crippen LogP contribution in [-0.2, 0) is 9.47 Å². The fourth-order valence-corrected chi connectivity index (χ4v) is 4.26. The van der Waals surface area contributed by atoms with Crippen molar-refractivity contribution >= 4 is 45.2 Å². The van der Waals surface area contributed by atoms with Gasteiger partial charge in [0.25, 0.3) is 11.6 Å². The van der Waals surface area contributed by atoms with Crippen LogP contribution in [0.3, 0.4) is 0 Å². The van der Waals surface area contributed by atoms with E-state index in [9.17, 15) is 40.9 Å². The van der Waals surface area contributed by atoms with Gasteiger partial charge in [-0.25, -0.2) is 0 Å². The highest BCUT2D eigenvalue weighted by atomic mass is 127. The summed E-state index contributed by atoms with van der Waals surface area (Å²) in [6.45, 7) is 0. The highest BCUT2D eigenvalue weighted by molar-refractivity contribution is 14.1. The van der Waals surface area contributed by atoms with E-state index in [4.69, 9.17) is 9.47 Å². The first-order chi connectivity index (χ1) is 11.0. The minimum absolute atomic E-state index is 0.0675. The number of hydrogen-bond donors (Lipinski definition) is 8. The number of ether oxygens (including phenoxy) is 2. The molecule has 0 spiro atoms. The second-order valence-electron chi connectivity index (χ2n) is 5.87. The lowest BCUT2D eigenvalue weighted by Gasteiger charge is -2.56. The molecule has 2 aliphatic rings. The van der Waals surface area contributed by atoms with Crippen molar-refractivity contribution in [1.29, 1.82) is 0 Å². The van der Waals surface area contributed by atoms with Crippen molar-refractivity contribution in [1.82, 2.24) is 0 Å². The smallest absolute Gasteiger partial charge is 0.254 e. The lowest BCUT2D eigenvalue weighted by Crippen LogP contribution is -2.81. The summed E-state index contributed by atoms with van der Waals surface area (Å²) >= 11 is 3.58. The zero-order valence-electron chi connectivity index (χ0n) is 12.2. The predicted octanol–water partition coefficient (Wildman–Crippen LogP) is -3.80. The average molecular weight is 578 g/mol. The van der Waals surface area contributed by atoms with E-state index in [2.05, 4.69) is 0 Å².